The van der Waals surface area contributed by atoms with Crippen LogP contribution >= 0.6 is 11.3 Å². The molecule has 0 aliphatic heterocycles. The molecule has 0 bridgehead atoms. The molecule has 1 aliphatic rings. The van der Waals surface area contributed by atoms with E-state index in [2.05, 4.69) is 0 Å². The molecule has 1 aromatic rings. The number of rotatable bonds is 4. The van der Waals surface area contributed by atoms with Crippen molar-refractivity contribution >= 4 is 23.2 Å². The predicted octanol–water partition coefficient (Wildman–Crippen LogP) is 2.17. The summed E-state index contributed by atoms with van der Waals surface area (Å²) in [5.74, 6) is -0.657. The Morgan fingerprint density at radius 3 is 2.71 bits per heavy atom. The monoisotopic (exact) mass is 253 g/mol. The first-order valence-corrected chi connectivity index (χ1v) is 6.47. The molecule has 1 saturated carbocycles. The fourth-order valence-electron chi connectivity index (χ4n) is 1.71. The minimum atomic E-state index is -0.981. The van der Waals surface area contributed by atoms with Crippen LogP contribution in [0.5, 0.6) is 0 Å². The van der Waals surface area contributed by atoms with Gasteiger partial charge in [0.25, 0.3) is 5.91 Å². The Morgan fingerprint density at radius 1 is 1.53 bits per heavy atom. The molecule has 4 nitrogen and oxygen atoms in total. The summed E-state index contributed by atoms with van der Waals surface area (Å²) < 4.78 is 0. The van der Waals surface area contributed by atoms with E-state index in [1.807, 2.05) is 11.4 Å². The van der Waals surface area contributed by atoms with Crippen LogP contribution in [-0.4, -0.2) is 35.0 Å². The Morgan fingerprint density at radius 2 is 2.18 bits per heavy atom. The fraction of sp³-hybridized carbons (Fsp3) is 0.500. The molecule has 0 radical (unpaired) electrons. The van der Waals surface area contributed by atoms with E-state index in [4.69, 9.17) is 5.11 Å². The van der Waals surface area contributed by atoms with Gasteiger partial charge in [-0.2, -0.15) is 0 Å². The molecule has 0 aromatic carbocycles. The molecule has 1 aromatic heterocycles. The quantitative estimate of drug-likeness (QED) is 0.894. The number of carbonyl (C=O) groups is 2. The fourth-order valence-corrected chi connectivity index (χ4v) is 2.68. The van der Waals surface area contributed by atoms with Crippen LogP contribution in [0.15, 0.2) is 11.4 Å². The van der Waals surface area contributed by atoms with Crippen LogP contribution in [0, 0.1) is 0 Å². The number of carboxylic acids is 1. The molecule has 17 heavy (non-hydrogen) atoms. The Hall–Kier alpha value is -1.36. The van der Waals surface area contributed by atoms with Gasteiger partial charge in [0, 0.05) is 7.05 Å². The summed E-state index contributed by atoms with van der Waals surface area (Å²) in [6.07, 6.45) is 2.27. The second kappa shape index (κ2) is 4.49. The third kappa shape index (κ3) is 2.34. The standard InChI is InChI=1S/C12H15NO3S/c1-7(12(15)16)13(2)11(14)10-9(5-6-17-10)8-3-4-8/h5-8H,3-4H2,1-2H3,(H,15,16)/t7-/m0/s1. The molecule has 0 saturated heterocycles. The van der Waals surface area contributed by atoms with Gasteiger partial charge >= 0.3 is 5.97 Å². The molecular formula is C12H15NO3S. The first-order chi connectivity index (χ1) is 8.02. The highest BCUT2D eigenvalue weighted by atomic mass is 32.1. The van der Waals surface area contributed by atoms with E-state index in [1.54, 1.807) is 0 Å². The zero-order valence-electron chi connectivity index (χ0n) is 9.84. The van der Waals surface area contributed by atoms with Crippen LogP contribution in [0.2, 0.25) is 0 Å². The lowest BCUT2D eigenvalue weighted by atomic mass is 10.1. The van der Waals surface area contributed by atoms with Gasteiger partial charge in [-0.3, -0.25) is 4.79 Å². The van der Waals surface area contributed by atoms with Crippen molar-refractivity contribution in [3.05, 3.63) is 21.9 Å². The molecule has 0 spiro atoms. The van der Waals surface area contributed by atoms with E-state index < -0.39 is 12.0 Å². The number of amides is 1. The highest BCUT2D eigenvalue weighted by molar-refractivity contribution is 7.12. The van der Waals surface area contributed by atoms with Gasteiger partial charge in [0.1, 0.15) is 6.04 Å². The first-order valence-electron chi connectivity index (χ1n) is 5.59. The number of likely N-dealkylation sites (N-methyl/N-ethyl adjacent to an activating group) is 1. The summed E-state index contributed by atoms with van der Waals surface area (Å²) in [6.45, 7) is 1.52. The Kier molecular flexibility index (Phi) is 3.19. The second-order valence-corrected chi connectivity index (χ2v) is 5.33. The molecule has 1 fully saturated rings. The van der Waals surface area contributed by atoms with Crippen LogP contribution in [0.25, 0.3) is 0 Å². The molecule has 5 heteroatoms. The summed E-state index contributed by atoms with van der Waals surface area (Å²) in [7, 11) is 1.54. The molecule has 0 unspecified atom stereocenters. The molecule has 92 valence electrons. The van der Waals surface area contributed by atoms with Gasteiger partial charge in [-0.1, -0.05) is 0 Å². The molecule has 1 aliphatic carbocycles. The van der Waals surface area contributed by atoms with Gasteiger partial charge < -0.3 is 10.0 Å². The lowest BCUT2D eigenvalue weighted by molar-refractivity contribution is -0.141. The summed E-state index contributed by atoms with van der Waals surface area (Å²) >= 11 is 1.40. The minimum absolute atomic E-state index is 0.184. The van der Waals surface area contributed by atoms with Crippen molar-refractivity contribution in [1.82, 2.24) is 4.90 Å². The maximum absolute atomic E-state index is 12.2. The minimum Gasteiger partial charge on any atom is -0.480 e. The number of nitrogens with zero attached hydrogens (tertiary/aromatic N) is 1. The number of carbonyl (C=O) groups excluding carboxylic acids is 1. The first kappa shape index (κ1) is 12.1. The van der Waals surface area contributed by atoms with Crippen LogP contribution in [-0.2, 0) is 4.79 Å². The zero-order chi connectivity index (χ0) is 12.6. The van der Waals surface area contributed by atoms with Gasteiger partial charge in [-0.25, -0.2) is 4.79 Å². The number of thiophene rings is 1. The van der Waals surface area contributed by atoms with Gasteiger partial charge in [0.05, 0.1) is 4.88 Å². The number of hydrogen-bond acceptors (Lipinski definition) is 3. The molecule has 1 amide bonds. The van der Waals surface area contributed by atoms with Crippen molar-refractivity contribution in [2.75, 3.05) is 7.05 Å². The van der Waals surface area contributed by atoms with Crippen LogP contribution < -0.4 is 0 Å². The van der Waals surface area contributed by atoms with Crippen LogP contribution in [0.1, 0.15) is 40.9 Å². The molecule has 1 N–H and O–H groups in total. The van der Waals surface area contributed by atoms with E-state index in [1.165, 1.54) is 30.2 Å². The summed E-state index contributed by atoms with van der Waals surface area (Å²) in [5, 5.41) is 10.8. The summed E-state index contributed by atoms with van der Waals surface area (Å²) in [6, 6.07) is 1.19. The summed E-state index contributed by atoms with van der Waals surface area (Å²) in [5.41, 5.74) is 1.09. The van der Waals surface area contributed by atoms with Gasteiger partial charge in [-0.05, 0) is 42.7 Å². The average molecular weight is 253 g/mol. The molecule has 2 rings (SSSR count). The maximum Gasteiger partial charge on any atom is 0.326 e. The SMILES string of the molecule is C[C@@H](C(=O)O)N(C)C(=O)c1sccc1C1CC1. The van der Waals surface area contributed by atoms with Gasteiger partial charge in [0.2, 0.25) is 0 Å². The van der Waals surface area contributed by atoms with Crippen molar-refractivity contribution in [3.63, 3.8) is 0 Å². The van der Waals surface area contributed by atoms with E-state index >= 15 is 0 Å². The Bertz CT molecular complexity index is 450. The van der Waals surface area contributed by atoms with Crippen LogP contribution in [0.3, 0.4) is 0 Å². The van der Waals surface area contributed by atoms with E-state index in [0.717, 1.165) is 18.4 Å². The van der Waals surface area contributed by atoms with E-state index in [0.29, 0.717) is 10.8 Å². The topological polar surface area (TPSA) is 57.6 Å². The third-order valence-electron chi connectivity index (χ3n) is 3.17. The highest BCUT2D eigenvalue weighted by Crippen LogP contribution is 2.43. The molecule has 1 heterocycles. The zero-order valence-corrected chi connectivity index (χ0v) is 10.7. The lowest BCUT2D eigenvalue weighted by Gasteiger charge is -2.21. The molecule has 1 atom stereocenters. The largest absolute Gasteiger partial charge is 0.480 e. The number of hydrogen-bond donors (Lipinski definition) is 1. The van der Waals surface area contributed by atoms with E-state index in [9.17, 15) is 9.59 Å². The third-order valence-corrected chi connectivity index (χ3v) is 4.08. The normalized spacial score (nSPS) is 16.6. The number of carboxylic acid groups (broad SMARTS) is 1. The molecular weight excluding hydrogens is 238 g/mol. The second-order valence-electron chi connectivity index (χ2n) is 4.41. The average Bonchev–Trinajstić information content (AvgIpc) is 3.04. The smallest absolute Gasteiger partial charge is 0.326 e. The number of aliphatic carboxylic acids is 1. The Labute approximate surface area is 104 Å². The van der Waals surface area contributed by atoms with Crippen molar-refractivity contribution in [1.29, 1.82) is 0 Å². The van der Waals surface area contributed by atoms with E-state index in [-0.39, 0.29) is 5.91 Å². The highest BCUT2D eigenvalue weighted by Gasteiger charge is 2.31. The van der Waals surface area contributed by atoms with Crippen molar-refractivity contribution in [2.24, 2.45) is 0 Å². The van der Waals surface area contributed by atoms with Crippen molar-refractivity contribution < 1.29 is 14.7 Å². The maximum atomic E-state index is 12.2. The van der Waals surface area contributed by atoms with Gasteiger partial charge in [-0.15, -0.1) is 11.3 Å². The van der Waals surface area contributed by atoms with Crippen LogP contribution in [0.4, 0.5) is 0 Å². The van der Waals surface area contributed by atoms with Crippen molar-refractivity contribution in [3.8, 4) is 0 Å². The predicted molar refractivity (Wildman–Crippen MR) is 65.5 cm³/mol. The van der Waals surface area contributed by atoms with Crippen molar-refractivity contribution in [2.45, 2.75) is 31.7 Å². The lowest BCUT2D eigenvalue weighted by Crippen LogP contribution is -2.40. The van der Waals surface area contributed by atoms with Gasteiger partial charge in [0.15, 0.2) is 0 Å². The summed E-state index contributed by atoms with van der Waals surface area (Å²) in [4.78, 5) is 25.0. The Balaban J connectivity index is 2.18.